The summed E-state index contributed by atoms with van der Waals surface area (Å²) >= 11 is 0. The summed E-state index contributed by atoms with van der Waals surface area (Å²) in [6.45, 7) is 5.30. The van der Waals surface area contributed by atoms with Crippen LogP contribution in [0, 0.1) is 0 Å². The maximum absolute atomic E-state index is 12.0. The van der Waals surface area contributed by atoms with Crippen LogP contribution in [0.3, 0.4) is 0 Å². The van der Waals surface area contributed by atoms with E-state index in [2.05, 4.69) is 12.2 Å². The van der Waals surface area contributed by atoms with Crippen molar-refractivity contribution < 1.29 is 14.7 Å². The summed E-state index contributed by atoms with van der Waals surface area (Å²) in [5, 5.41) is 12.1. The number of carbonyl (C=O) groups is 2. The van der Waals surface area contributed by atoms with Gasteiger partial charge in [0.1, 0.15) is 6.04 Å². The Bertz CT molecular complexity index is 307. The number of amides is 1. The molecule has 0 bridgehead atoms. The summed E-state index contributed by atoms with van der Waals surface area (Å²) in [4.78, 5) is 25.1. The molecule has 2 unspecified atom stereocenters. The van der Waals surface area contributed by atoms with Crippen molar-refractivity contribution in [2.45, 2.75) is 64.5 Å². The lowest BCUT2D eigenvalue weighted by molar-refractivity contribution is -0.147. The molecule has 0 aromatic carbocycles. The third-order valence-electron chi connectivity index (χ3n) is 3.79. The molecule has 0 aromatic rings. The van der Waals surface area contributed by atoms with Crippen molar-refractivity contribution in [2.75, 3.05) is 13.1 Å². The van der Waals surface area contributed by atoms with Crippen molar-refractivity contribution in [1.82, 2.24) is 10.2 Å². The molecular weight excluding hydrogens is 244 g/mol. The van der Waals surface area contributed by atoms with Gasteiger partial charge in [0, 0.05) is 6.54 Å². The fraction of sp³-hybridized carbons (Fsp3) is 0.857. The Balaban J connectivity index is 2.46. The maximum Gasteiger partial charge on any atom is 0.320 e. The number of piperidine rings is 1. The van der Waals surface area contributed by atoms with Gasteiger partial charge in [-0.3, -0.25) is 14.5 Å². The molecular formula is C14H26N2O3. The molecule has 0 spiro atoms. The minimum absolute atomic E-state index is 0.0516. The highest BCUT2D eigenvalue weighted by Gasteiger charge is 2.34. The van der Waals surface area contributed by atoms with Crippen LogP contribution < -0.4 is 5.32 Å². The van der Waals surface area contributed by atoms with Crippen LogP contribution in [-0.2, 0) is 9.59 Å². The quantitative estimate of drug-likeness (QED) is 0.690. The summed E-state index contributed by atoms with van der Waals surface area (Å²) < 4.78 is 0. The van der Waals surface area contributed by atoms with Gasteiger partial charge in [-0.1, -0.05) is 26.2 Å². The summed E-state index contributed by atoms with van der Waals surface area (Å²) in [6.07, 6.45) is 5.75. The first-order chi connectivity index (χ1) is 9.07. The van der Waals surface area contributed by atoms with Crippen molar-refractivity contribution >= 4 is 11.9 Å². The van der Waals surface area contributed by atoms with Crippen molar-refractivity contribution in [3.05, 3.63) is 0 Å². The zero-order valence-electron chi connectivity index (χ0n) is 12.0. The van der Waals surface area contributed by atoms with Gasteiger partial charge in [0.05, 0.1) is 6.04 Å². The second-order valence-corrected chi connectivity index (χ2v) is 5.26. The minimum atomic E-state index is -0.815. The highest BCUT2D eigenvalue weighted by molar-refractivity contribution is 5.82. The molecule has 1 heterocycles. The van der Waals surface area contributed by atoms with Crippen LogP contribution >= 0.6 is 0 Å². The molecule has 0 saturated carbocycles. The van der Waals surface area contributed by atoms with Crippen LogP contribution in [0.4, 0.5) is 0 Å². The Kier molecular flexibility index (Phi) is 6.84. The van der Waals surface area contributed by atoms with Gasteiger partial charge in [0.2, 0.25) is 5.91 Å². The molecule has 1 saturated heterocycles. The number of carboxylic acids is 1. The second kappa shape index (κ2) is 8.15. The molecule has 1 aliphatic heterocycles. The third kappa shape index (κ3) is 4.82. The number of aliphatic carboxylic acids is 1. The van der Waals surface area contributed by atoms with Crippen molar-refractivity contribution in [1.29, 1.82) is 0 Å². The van der Waals surface area contributed by atoms with Crippen LogP contribution in [0.25, 0.3) is 0 Å². The number of hydrogen-bond donors (Lipinski definition) is 2. The first-order valence-electron chi connectivity index (χ1n) is 7.34. The minimum Gasteiger partial charge on any atom is -0.480 e. The zero-order valence-corrected chi connectivity index (χ0v) is 12.0. The first-order valence-corrected chi connectivity index (χ1v) is 7.34. The molecule has 5 nitrogen and oxygen atoms in total. The smallest absolute Gasteiger partial charge is 0.320 e. The first kappa shape index (κ1) is 16.0. The van der Waals surface area contributed by atoms with E-state index in [9.17, 15) is 14.7 Å². The monoisotopic (exact) mass is 270 g/mol. The van der Waals surface area contributed by atoms with E-state index < -0.39 is 12.0 Å². The highest BCUT2D eigenvalue weighted by Crippen LogP contribution is 2.19. The molecule has 19 heavy (non-hydrogen) atoms. The van der Waals surface area contributed by atoms with Gasteiger partial charge in [-0.25, -0.2) is 0 Å². The van der Waals surface area contributed by atoms with Crippen molar-refractivity contribution in [2.24, 2.45) is 0 Å². The standard InChI is InChI=1S/C14H26N2O3/c1-3-4-6-9-15-13(17)11(2)16-10-7-5-8-12(16)14(18)19/h11-12H,3-10H2,1-2H3,(H,15,17)(H,18,19). The van der Waals surface area contributed by atoms with E-state index in [1.807, 2.05) is 4.90 Å². The van der Waals surface area contributed by atoms with E-state index in [1.165, 1.54) is 0 Å². The molecule has 2 N–H and O–H groups in total. The molecule has 1 amide bonds. The third-order valence-corrected chi connectivity index (χ3v) is 3.79. The van der Waals surface area contributed by atoms with Crippen LogP contribution in [0.2, 0.25) is 0 Å². The van der Waals surface area contributed by atoms with E-state index in [0.717, 1.165) is 32.1 Å². The predicted octanol–water partition coefficient (Wildman–Crippen LogP) is 1.62. The number of carboxylic acid groups (broad SMARTS) is 1. The zero-order chi connectivity index (χ0) is 14.3. The lowest BCUT2D eigenvalue weighted by atomic mass is 10.00. The van der Waals surface area contributed by atoms with Crippen LogP contribution in [-0.4, -0.2) is 47.1 Å². The molecule has 2 atom stereocenters. The van der Waals surface area contributed by atoms with E-state index >= 15 is 0 Å². The number of likely N-dealkylation sites (tertiary alicyclic amines) is 1. The molecule has 0 aliphatic carbocycles. The average Bonchev–Trinajstić information content (AvgIpc) is 2.42. The largest absolute Gasteiger partial charge is 0.480 e. The molecule has 1 aliphatic rings. The second-order valence-electron chi connectivity index (χ2n) is 5.26. The predicted molar refractivity (Wildman–Crippen MR) is 74.0 cm³/mol. The van der Waals surface area contributed by atoms with Gasteiger partial charge in [-0.05, 0) is 32.7 Å². The van der Waals surface area contributed by atoms with Crippen LogP contribution in [0.1, 0.15) is 52.4 Å². The summed E-state index contributed by atoms with van der Waals surface area (Å²) in [5.41, 5.74) is 0. The van der Waals surface area contributed by atoms with Crippen molar-refractivity contribution in [3.63, 3.8) is 0 Å². The summed E-state index contributed by atoms with van der Waals surface area (Å²) in [7, 11) is 0. The van der Waals surface area contributed by atoms with Gasteiger partial charge in [0.25, 0.3) is 0 Å². The van der Waals surface area contributed by atoms with Gasteiger partial charge < -0.3 is 10.4 Å². The Labute approximate surface area is 115 Å². The van der Waals surface area contributed by atoms with Gasteiger partial charge in [0.15, 0.2) is 0 Å². The molecule has 5 heteroatoms. The van der Waals surface area contributed by atoms with E-state index in [-0.39, 0.29) is 11.9 Å². The number of rotatable bonds is 7. The van der Waals surface area contributed by atoms with Gasteiger partial charge >= 0.3 is 5.97 Å². The Hall–Kier alpha value is -1.10. The fourth-order valence-corrected chi connectivity index (χ4v) is 2.57. The van der Waals surface area contributed by atoms with Crippen molar-refractivity contribution in [3.8, 4) is 0 Å². The summed E-state index contributed by atoms with van der Waals surface area (Å²) in [6, 6.07) is -0.867. The number of nitrogens with zero attached hydrogens (tertiary/aromatic N) is 1. The Morgan fingerprint density at radius 2 is 2.11 bits per heavy atom. The number of carbonyl (C=O) groups excluding carboxylic acids is 1. The fourth-order valence-electron chi connectivity index (χ4n) is 2.57. The Morgan fingerprint density at radius 1 is 1.37 bits per heavy atom. The van der Waals surface area contributed by atoms with Crippen LogP contribution in [0.5, 0.6) is 0 Å². The van der Waals surface area contributed by atoms with E-state index in [0.29, 0.717) is 19.5 Å². The van der Waals surface area contributed by atoms with Gasteiger partial charge in [-0.2, -0.15) is 0 Å². The molecule has 110 valence electrons. The normalized spacial score (nSPS) is 21.9. The number of nitrogens with one attached hydrogen (secondary N) is 1. The summed E-state index contributed by atoms with van der Waals surface area (Å²) in [5.74, 6) is -0.866. The molecule has 1 rings (SSSR count). The molecule has 1 fully saturated rings. The number of unbranched alkanes of at least 4 members (excludes halogenated alkanes) is 2. The topological polar surface area (TPSA) is 69.6 Å². The van der Waals surface area contributed by atoms with E-state index in [4.69, 9.17) is 0 Å². The SMILES string of the molecule is CCCCCNC(=O)C(C)N1CCCCC1C(=O)O. The average molecular weight is 270 g/mol. The van der Waals surface area contributed by atoms with E-state index in [1.54, 1.807) is 6.92 Å². The Morgan fingerprint density at radius 3 is 2.74 bits per heavy atom. The lowest BCUT2D eigenvalue weighted by Crippen LogP contribution is -2.54. The highest BCUT2D eigenvalue weighted by atomic mass is 16.4. The lowest BCUT2D eigenvalue weighted by Gasteiger charge is -2.36. The maximum atomic E-state index is 12.0. The molecule has 0 aromatic heterocycles. The molecule has 0 radical (unpaired) electrons. The van der Waals surface area contributed by atoms with Crippen LogP contribution in [0.15, 0.2) is 0 Å². The van der Waals surface area contributed by atoms with Gasteiger partial charge in [-0.15, -0.1) is 0 Å². The number of hydrogen-bond acceptors (Lipinski definition) is 3.